The molecule has 5 nitrogen and oxygen atoms in total. The van der Waals surface area contributed by atoms with Crippen LogP contribution in [0.5, 0.6) is 17.2 Å². The molecule has 2 aromatic carbocycles. The van der Waals surface area contributed by atoms with E-state index >= 15 is 0 Å². The minimum atomic E-state index is -0.672. The molecule has 0 bridgehead atoms. The Morgan fingerprint density at radius 3 is 2.83 bits per heavy atom. The summed E-state index contributed by atoms with van der Waals surface area (Å²) < 4.78 is 28.9. The van der Waals surface area contributed by atoms with E-state index < -0.39 is 6.10 Å². The Morgan fingerprint density at radius 1 is 1.17 bits per heavy atom. The van der Waals surface area contributed by atoms with Crippen molar-refractivity contribution in [2.45, 2.75) is 12.6 Å². The number of hydrogen-bond donors (Lipinski definition) is 2. The lowest BCUT2D eigenvalue weighted by molar-refractivity contribution is 0.106. The summed E-state index contributed by atoms with van der Waals surface area (Å²) in [6, 6.07) is 11.4. The molecule has 0 amide bonds. The molecule has 3 rings (SSSR count). The summed E-state index contributed by atoms with van der Waals surface area (Å²) in [6.45, 7) is 1.29. The second kappa shape index (κ2) is 7.30. The van der Waals surface area contributed by atoms with Crippen molar-refractivity contribution in [1.82, 2.24) is 5.32 Å². The fourth-order valence-electron chi connectivity index (χ4n) is 2.29. The van der Waals surface area contributed by atoms with E-state index in [1.807, 2.05) is 18.2 Å². The van der Waals surface area contributed by atoms with Crippen LogP contribution in [0.15, 0.2) is 42.5 Å². The number of aliphatic hydroxyl groups is 1. The van der Waals surface area contributed by atoms with Gasteiger partial charge in [-0.05, 0) is 30.3 Å². The van der Waals surface area contributed by atoms with Crippen molar-refractivity contribution in [1.29, 1.82) is 0 Å². The van der Waals surface area contributed by atoms with Crippen molar-refractivity contribution in [3.63, 3.8) is 0 Å². The average molecular weight is 319 g/mol. The van der Waals surface area contributed by atoms with Gasteiger partial charge in [0.25, 0.3) is 0 Å². The van der Waals surface area contributed by atoms with E-state index in [1.165, 1.54) is 24.3 Å². The van der Waals surface area contributed by atoms with Gasteiger partial charge in [-0.3, -0.25) is 0 Å². The molecule has 0 saturated carbocycles. The largest absolute Gasteiger partial charge is 0.491 e. The maximum atomic E-state index is 12.8. The van der Waals surface area contributed by atoms with Gasteiger partial charge < -0.3 is 24.6 Å². The third-order valence-electron chi connectivity index (χ3n) is 3.43. The SMILES string of the molecule is OC(CNCc1cccc2c1OCO2)COc1ccc(F)cc1. The summed E-state index contributed by atoms with van der Waals surface area (Å²) in [5.41, 5.74) is 0.978. The van der Waals surface area contributed by atoms with E-state index in [0.717, 1.165) is 17.1 Å². The van der Waals surface area contributed by atoms with Crippen molar-refractivity contribution < 1.29 is 23.7 Å². The molecule has 6 heteroatoms. The van der Waals surface area contributed by atoms with Crippen LogP contribution in [-0.2, 0) is 6.54 Å². The highest BCUT2D eigenvalue weighted by atomic mass is 19.1. The number of ether oxygens (including phenoxy) is 3. The van der Waals surface area contributed by atoms with E-state index in [2.05, 4.69) is 5.32 Å². The molecule has 23 heavy (non-hydrogen) atoms. The minimum absolute atomic E-state index is 0.130. The van der Waals surface area contributed by atoms with Crippen LogP contribution >= 0.6 is 0 Å². The third-order valence-corrected chi connectivity index (χ3v) is 3.43. The normalized spacial score (nSPS) is 13.8. The van der Waals surface area contributed by atoms with E-state index in [0.29, 0.717) is 18.8 Å². The van der Waals surface area contributed by atoms with Crippen LogP contribution in [0.4, 0.5) is 4.39 Å². The van der Waals surface area contributed by atoms with Crippen LogP contribution in [0, 0.1) is 5.82 Å². The number of aliphatic hydroxyl groups excluding tert-OH is 1. The van der Waals surface area contributed by atoms with Crippen LogP contribution in [0.2, 0.25) is 0 Å². The second-order valence-electron chi connectivity index (χ2n) is 5.20. The number of fused-ring (bicyclic) bond motifs is 1. The van der Waals surface area contributed by atoms with Gasteiger partial charge in [0.05, 0.1) is 0 Å². The Bertz CT molecular complexity index is 648. The Kier molecular flexibility index (Phi) is 4.95. The summed E-state index contributed by atoms with van der Waals surface area (Å²) in [5, 5.41) is 13.1. The fraction of sp³-hybridized carbons (Fsp3) is 0.294. The van der Waals surface area contributed by atoms with E-state index in [-0.39, 0.29) is 19.2 Å². The first kappa shape index (κ1) is 15.6. The van der Waals surface area contributed by atoms with Crippen molar-refractivity contribution >= 4 is 0 Å². The third kappa shape index (κ3) is 4.12. The minimum Gasteiger partial charge on any atom is -0.491 e. The predicted molar refractivity (Wildman–Crippen MR) is 82.2 cm³/mol. The highest BCUT2D eigenvalue weighted by Crippen LogP contribution is 2.35. The first-order chi connectivity index (χ1) is 11.2. The molecule has 1 atom stereocenters. The van der Waals surface area contributed by atoms with Crippen molar-refractivity contribution in [2.75, 3.05) is 19.9 Å². The molecule has 122 valence electrons. The van der Waals surface area contributed by atoms with Crippen LogP contribution in [0.25, 0.3) is 0 Å². The smallest absolute Gasteiger partial charge is 0.231 e. The molecule has 0 saturated heterocycles. The maximum absolute atomic E-state index is 12.8. The van der Waals surface area contributed by atoms with E-state index in [4.69, 9.17) is 14.2 Å². The Balaban J connectivity index is 1.42. The van der Waals surface area contributed by atoms with Gasteiger partial charge >= 0.3 is 0 Å². The summed E-state index contributed by atoms with van der Waals surface area (Å²) in [4.78, 5) is 0. The van der Waals surface area contributed by atoms with Gasteiger partial charge in [-0.25, -0.2) is 4.39 Å². The number of halogens is 1. The number of benzene rings is 2. The predicted octanol–water partition coefficient (Wildman–Crippen LogP) is 2.08. The topological polar surface area (TPSA) is 60.0 Å². The lowest BCUT2D eigenvalue weighted by Gasteiger charge is -2.14. The molecule has 1 unspecified atom stereocenters. The van der Waals surface area contributed by atoms with Gasteiger partial charge in [-0.1, -0.05) is 12.1 Å². The quantitative estimate of drug-likeness (QED) is 0.818. The molecule has 2 N–H and O–H groups in total. The number of rotatable bonds is 7. The highest BCUT2D eigenvalue weighted by Gasteiger charge is 2.17. The van der Waals surface area contributed by atoms with Crippen molar-refractivity contribution in [3.8, 4) is 17.2 Å². The monoisotopic (exact) mass is 319 g/mol. The van der Waals surface area contributed by atoms with Gasteiger partial charge in [-0.2, -0.15) is 0 Å². The Labute approximate surface area is 133 Å². The number of hydrogen-bond acceptors (Lipinski definition) is 5. The molecule has 0 radical (unpaired) electrons. The number of nitrogens with one attached hydrogen (secondary N) is 1. The fourth-order valence-corrected chi connectivity index (χ4v) is 2.29. The standard InChI is InChI=1S/C17H18FNO4/c18-13-4-6-15(7-5-13)21-10-14(20)9-19-8-12-2-1-3-16-17(12)23-11-22-16/h1-7,14,19-20H,8-11H2. The molecule has 0 aliphatic carbocycles. The summed E-state index contributed by atoms with van der Waals surface area (Å²) >= 11 is 0. The number of para-hydroxylation sites is 1. The maximum Gasteiger partial charge on any atom is 0.231 e. The second-order valence-corrected chi connectivity index (χ2v) is 5.20. The first-order valence-electron chi connectivity index (χ1n) is 7.37. The molecule has 1 aliphatic heterocycles. The van der Waals surface area contributed by atoms with Crippen molar-refractivity contribution in [3.05, 3.63) is 53.8 Å². The Hall–Kier alpha value is -2.31. The molecule has 0 aromatic heterocycles. The van der Waals surface area contributed by atoms with E-state index in [1.54, 1.807) is 0 Å². The van der Waals surface area contributed by atoms with Crippen LogP contribution in [-0.4, -0.2) is 31.2 Å². The highest BCUT2D eigenvalue weighted by molar-refractivity contribution is 5.48. The van der Waals surface area contributed by atoms with Gasteiger partial charge in [0.2, 0.25) is 6.79 Å². The molecular weight excluding hydrogens is 301 g/mol. The van der Waals surface area contributed by atoms with E-state index in [9.17, 15) is 9.50 Å². The van der Waals surface area contributed by atoms with Crippen LogP contribution in [0.3, 0.4) is 0 Å². The lowest BCUT2D eigenvalue weighted by Crippen LogP contribution is -2.31. The first-order valence-corrected chi connectivity index (χ1v) is 7.37. The Morgan fingerprint density at radius 2 is 2.00 bits per heavy atom. The summed E-state index contributed by atoms with van der Waals surface area (Å²) in [5.74, 6) is 1.69. The van der Waals surface area contributed by atoms with Crippen LogP contribution < -0.4 is 19.5 Å². The van der Waals surface area contributed by atoms with Gasteiger partial charge in [0, 0.05) is 18.7 Å². The zero-order valence-electron chi connectivity index (χ0n) is 12.5. The molecule has 1 heterocycles. The zero-order chi connectivity index (χ0) is 16.1. The molecule has 2 aromatic rings. The molecule has 0 fully saturated rings. The zero-order valence-corrected chi connectivity index (χ0v) is 12.5. The van der Waals surface area contributed by atoms with Crippen molar-refractivity contribution in [2.24, 2.45) is 0 Å². The average Bonchev–Trinajstić information content (AvgIpc) is 3.04. The lowest BCUT2D eigenvalue weighted by atomic mass is 10.2. The van der Waals surface area contributed by atoms with Crippen LogP contribution in [0.1, 0.15) is 5.56 Å². The van der Waals surface area contributed by atoms with Gasteiger partial charge in [-0.15, -0.1) is 0 Å². The summed E-state index contributed by atoms with van der Waals surface area (Å²) in [6.07, 6.45) is -0.672. The molecular formula is C17H18FNO4. The van der Waals surface area contributed by atoms with Gasteiger partial charge in [0.15, 0.2) is 11.5 Å². The molecule has 0 spiro atoms. The van der Waals surface area contributed by atoms with Gasteiger partial charge in [0.1, 0.15) is 24.3 Å². The molecule has 1 aliphatic rings. The summed E-state index contributed by atoms with van der Waals surface area (Å²) in [7, 11) is 0.